The smallest absolute Gasteiger partial charge is 0.302 e. The summed E-state index contributed by atoms with van der Waals surface area (Å²) in [5.41, 5.74) is -1.92. The Balaban J connectivity index is 1.89. The van der Waals surface area contributed by atoms with E-state index in [0.29, 0.717) is 18.4 Å². The third-order valence-electron chi connectivity index (χ3n) is 9.02. The van der Waals surface area contributed by atoms with Gasteiger partial charge < -0.3 is 19.7 Å². The van der Waals surface area contributed by atoms with Crippen LogP contribution in [0.2, 0.25) is 0 Å². The first-order valence-electron chi connectivity index (χ1n) is 11.2. The van der Waals surface area contributed by atoms with E-state index in [0.717, 1.165) is 0 Å². The quantitative estimate of drug-likeness (QED) is 0.506. The Morgan fingerprint density at radius 3 is 2.10 bits per heavy atom. The second-order valence-corrected chi connectivity index (χ2v) is 11.1. The van der Waals surface area contributed by atoms with Crippen molar-refractivity contribution in [3.8, 4) is 0 Å². The number of Topliss-reactive ketones (excluding diaryl/α,β-unsaturated/α-hetero) is 1. The second-order valence-electron chi connectivity index (χ2n) is 11.1. The molecule has 4 rings (SSSR count). The molecule has 31 heavy (non-hydrogen) atoms. The molecule has 7 nitrogen and oxygen atoms in total. The van der Waals surface area contributed by atoms with Crippen LogP contribution < -0.4 is 0 Å². The van der Waals surface area contributed by atoms with E-state index in [1.54, 1.807) is 0 Å². The van der Waals surface area contributed by atoms with Gasteiger partial charge in [-0.3, -0.25) is 14.4 Å². The van der Waals surface area contributed by atoms with Crippen LogP contribution in [-0.2, 0) is 23.9 Å². The Bertz CT molecular complexity index is 847. The number of carbonyl (C=O) groups is 3. The summed E-state index contributed by atoms with van der Waals surface area (Å²) < 4.78 is 11.4. The number of fused-ring (bicyclic) bond motifs is 3. The van der Waals surface area contributed by atoms with Gasteiger partial charge in [-0.05, 0) is 30.8 Å². The maximum absolute atomic E-state index is 13.5. The molecular formula is C24H34O7. The summed E-state index contributed by atoms with van der Waals surface area (Å²) >= 11 is 0. The zero-order valence-corrected chi connectivity index (χ0v) is 19.0. The Kier molecular flexibility index (Phi) is 4.99. The van der Waals surface area contributed by atoms with Crippen LogP contribution in [0.25, 0.3) is 0 Å². The summed E-state index contributed by atoms with van der Waals surface area (Å²) in [5, 5.41) is 22.8. The fourth-order valence-electron chi connectivity index (χ4n) is 8.29. The van der Waals surface area contributed by atoms with Crippen molar-refractivity contribution in [1.29, 1.82) is 0 Å². The lowest BCUT2D eigenvalue weighted by atomic mass is 9.38. The topological polar surface area (TPSA) is 110 Å². The molecule has 2 N–H and O–H groups in total. The Morgan fingerprint density at radius 1 is 0.935 bits per heavy atom. The molecule has 0 aliphatic heterocycles. The summed E-state index contributed by atoms with van der Waals surface area (Å²) in [4.78, 5) is 37.4. The molecular weight excluding hydrogens is 400 g/mol. The highest BCUT2D eigenvalue weighted by atomic mass is 16.6. The molecule has 0 unspecified atom stereocenters. The van der Waals surface area contributed by atoms with Gasteiger partial charge >= 0.3 is 11.9 Å². The van der Waals surface area contributed by atoms with E-state index >= 15 is 0 Å². The number of hydrogen-bond acceptors (Lipinski definition) is 7. The Morgan fingerprint density at radius 2 is 1.52 bits per heavy atom. The molecule has 4 fully saturated rings. The predicted octanol–water partition coefficient (Wildman–Crippen LogP) is 2.18. The van der Waals surface area contributed by atoms with Crippen LogP contribution >= 0.6 is 0 Å². The molecule has 1 spiro atoms. The molecule has 0 saturated heterocycles. The molecule has 4 aliphatic carbocycles. The van der Waals surface area contributed by atoms with Gasteiger partial charge in [0.05, 0.1) is 12.2 Å². The minimum Gasteiger partial charge on any atom is -0.462 e. The van der Waals surface area contributed by atoms with E-state index in [4.69, 9.17) is 9.47 Å². The zero-order valence-electron chi connectivity index (χ0n) is 19.0. The van der Waals surface area contributed by atoms with Crippen LogP contribution in [0.3, 0.4) is 0 Å². The van der Waals surface area contributed by atoms with E-state index in [9.17, 15) is 24.6 Å². The predicted molar refractivity (Wildman–Crippen MR) is 111 cm³/mol. The highest BCUT2D eigenvalue weighted by Gasteiger charge is 2.75. The second kappa shape index (κ2) is 6.88. The summed E-state index contributed by atoms with van der Waals surface area (Å²) in [6.45, 7) is 12.5. The maximum Gasteiger partial charge on any atom is 0.302 e. The first kappa shape index (κ1) is 22.5. The van der Waals surface area contributed by atoms with E-state index in [1.807, 2.05) is 20.8 Å². The number of allylic oxidation sites excluding steroid dienone is 1. The van der Waals surface area contributed by atoms with Gasteiger partial charge in [-0.2, -0.15) is 0 Å². The standard InChI is InChI=1S/C24H34O7/c1-11-14-7-15(27)20-23(6)18(31-13(3)26)8-17(30-12(2)25)22(4,5)19(23)16(28)10-24(20,9-14)21(11)29/h14-20,27-28H,1,7-10H2,2-6H3/t14-,15-,16+,17+,18-,19-,20+,23-,24+/m1/s1. The van der Waals surface area contributed by atoms with E-state index in [2.05, 4.69) is 6.58 Å². The molecule has 0 radical (unpaired) electrons. The molecule has 4 saturated carbocycles. The normalized spacial score (nSPS) is 47.9. The van der Waals surface area contributed by atoms with Gasteiger partial charge in [-0.25, -0.2) is 0 Å². The average molecular weight is 435 g/mol. The highest BCUT2D eigenvalue weighted by Crippen LogP contribution is 2.71. The molecule has 0 aromatic heterocycles. The molecule has 172 valence electrons. The average Bonchev–Trinajstić information content (AvgIpc) is 2.79. The number of hydrogen-bond donors (Lipinski definition) is 2. The van der Waals surface area contributed by atoms with Crippen molar-refractivity contribution in [3.05, 3.63) is 12.2 Å². The molecule has 0 amide bonds. The van der Waals surface area contributed by atoms with Crippen LogP contribution in [0, 0.1) is 34.0 Å². The summed E-state index contributed by atoms with van der Waals surface area (Å²) in [6.07, 6.45) is -1.45. The van der Waals surface area contributed by atoms with E-state index in [-0.39, 0.29) is 24.5 Å². The molecule has 0 aromatic carbocycles. The van der Waals surface area contributed by atoms with Gasteiger partial charge in [0.1, 0.15) is 12.2 Å². The highest BCUT2D eigenvalue weighted by molar-refractivity contribution is 6.03. The molecule has 2 bridgehead atoms. The number of aliphatic hydroxyl groups is 2. The van der Waals surface area contributed by atoms with Gasteiger partial charge in [-0.1, -0.05) is 27.4 Å². The lowest BCUT2D eigenvalue weighted by Gasteiger charge is -2.67. The molecule has 0 heterocycles. The number of ether oxygens (including phenoxy) is 2. The van der Waals surface area contributed by atoms with Gasteiger partial charge in [0.2, 0.25) is 0 Å². The van der Waals surface area contributed by atoms with Crippen molar-refractivity contribution >= 4 is 17.7 Å². The Labute approximate surface area is 183 Å². The number of aliphatic hydroxyl groups excluding tert-OH is 2. The fraction of sp³-hybridized carbons (Fsp3) is 0.792. The summed E-state index contributed by atoms with van der Waals surface area (Å²) in [7, 11) is 0. The largest absolute Gasteiger partial charge is 0.462 e. The fourth-order valence-corrected chi connectivity index (χ4v) is 8.29. The van der Waals surface area contributed by atoms with Gasteiger partial charge in [0, 0.05) is 48.3 Å². The monoisotopic (exact) mass is 434 g/mol. The first-order valence-corrected chi connectivity index (χ1v) is 11.2. The van der Waals surface area contributed by atoms with Crippen LogP contribution in [-0.4, -0.2) is 52.4 Å². The van der Waals surface area contributed by atoms with Crippen molar-refractivity contribution < 1.29 is 34.1 Å². The van der Waals surface area contributed by atoms with Crippen molar-refractivity contribution in [2.75, 3.05) is 0 Å². The van der Waals surface area contributed by atoms with Crippen molar-refractivity contribution in [2.45, 2.75) is 84.7 Å². The summed E-state index contributed by atoms with van der Waals surface area (Å²) in [5.74, 6) is -2.01. The number of carbonyl (C=O) groups excluding carboxylic acids is 3. The van der Waals surface area contributed by atoms with Crippen LogP contribution in [0.1, 0.15) is 60.3 Å². The van der Waals surface area contributed by atoms with Crippen LogP contribution in [0.15, 0.2) is 12.2 Å². The minimum absolute atomic E-state index is 0.0701. The van der Waals surface area contributed by atoms with Crippen LogP contribution in [0.5, 0.6) is 0 Å². The number of esters is 2. The lowest BCUT2D eigenvalue weighted by Crippen LogP contribution is -2.72. The van der Waals surface area contributed by atoms with E-state index < -0.39 is 64.4 Å². The number of rotatable bonds is 2. The lowest BCUT2D eigenvalue weighted by molar-refractivity contribution is -0.279. The third kappa shape index (κ3) is 2.88. The van der Waals surface area contributed by atoms with Gasteiger partial charge in [-0.15, -0.1) is 0 Å². The molecule has 0 aromatic rings. The van der Waals surface area contributed by atoms with Gasteiger partial charge in [0.25, 0.3) is 0 Å². The maximum atomic E-state index is 13.5. The molecule has 9 atom stereocenters. The number of ketones is 1. The van der Waals surface area contributed by atoms with Crippen molar-refractivity contribution in [1.82, 2.24) is 0 Å². The minimum atomic E-state index is -0.910. The SMILES string of the molecule is C=C1C(=O)[C@]23C[C@H]1C[C@@H](O)[C@H]2[C@@]1(C)[C@H]([C@@H](O)C3)C(C)(C)[C@@H](OC(C)=O)C[C@H]1OC(C)=O. The molecule has 4 aliphatic rings. The third-order valence-corrected chi connectivity index (χ3v) is 9.02. The van der Waals surface area contributed by atoms with E-state index in [1.165, 1.54) is 13.8 Å². The first-order chi connectivity index (χ1) is 14.3. The van der Waals surface area contributed by atoms with Gasteiger partial charge in [0.15, 0.2) is 5.78 Å². The summed E-state index contributed by atoms with van der Waals surface area (Å²) in [6, 6.07) is 0. The van der Waals surface area contributed by atoms with Crippen molar-refractivity contribution in [2.24, 2.45) is 34.0 Å². The van der Waals surface area contributed by atoms with Crippen LogP contribution in [0.4, 0.5) is 0 Å². The molecule has 7 heteroatoms. The Hall–Kier alpha value is -1.73. The van der Waals surface area contributed by atoms with Crippen molar-refractivity contribution in [3.63, 3.8) is 0 Å². The zero-order chi connectivity index (χ0) is 23.1.